The summed E-state index contributed by atoms with van der Waals surface area (Å²) in [6.45, 7) is 6.41. The van der Waals surface area contributed by atoms with E-state index in [9.17, 15) is 0 Å². The van der Waals surface area contributed by atoms with E-state index in [4.69, 9.17) is 4.52 Å². The minimum atomic E-state index is 0.0482. The predicted molar refractivity (Wildman–Crippen MR) is 52.7 cm³/mol. The van der Waals surface area contributed by atoms with Crippen molar-refractivity contribution in [3.63, 3.8) is 0 Å². The smallest absolute Gasteiger partial charge is 0.167 e. The highest BCUT2D eigenvalue weighted by Crippen LogP contribution is 2.28. The van der Waals surface area contributed by atoms with Crippen LogP contribution in [0.3, 0.4) is 0 Å². The number of benzene rings is 1. The van der Waals surface area contributed by atoms with Crippen LogP contribution in [0.4, 0.5) is 0 Å². The fourth-order valence-corrected chi connectivity index (χ4v) is 1.43. The van der Waals surface area contributed by atoms with Gasteiger partial charge in [0.1, 0.15) is 0 Å². The van der Waals surface area contributed by atoms with Crippen LogP contribution in [0.25, 0.3) is 11.0 Å². The summed E-state index contributed by atoms with van der Waals surface area (Å²) in [4.78, 5) is 0. The molecule has 0 spiro atoms. The second-order valence-electron chi connectivity index (χ2n) is 4.28. The molecule has 13 heavy (non-hydrogen) atoms. The van der Waals surface area contributed by atoms with Crippen molar-refractivity contribution < 1.29 is 4.52 Å². The van der Waals surface area contributed by atoms with Crippen molar-refractivity contribution in [3.05, 3.63) is 30.0 Å². The van der Waals surface area contributed by atoms with Crippen LogP contribution in [0.15, 0.2) is 28.8 Å². The Morgan fingerprint density at radius 2 is 1.85 bits per heavy atom. The van der Waals surface area contributed by atoms with Gasteiger partial charge in [-0.05, 0) is 12.1 Å². The summed E-state index contributed by atoms with van der Waals surface area (Å²) < 4.78 is 5.23. The monoisotopic (exact) mass is 175 g/mol. The van der Waals surface area contributed by atoms with E-state index < -0.39 is 0 Å². The van der Waals surface area contributed by atoms with Crippen molar-refractivity contribution in [3.8, 4) is 0 Å². The van der Waals surface area contributed by atoms with Gasteiger partial charge < -0.3 is 4.52 Å². The van der Waals surface area contributed by atoms with E-state index in [0.29, 0.717) is 0 Å². The predicted octanol–water partition coefficient (Wildman–Crippen LogP) is 3.13. The van der Waals surface area contributed by atoms with Crippen molar-refractivity contribution in [2.45, 2.75) is 26.2 Å². The molecule has 0 atom stereocenters. The van der Waals surface area contributed by atoms with Gasteiger partial charge in [-0.3, -0.25) is 0 Å². The van der Waals surface area contributed by atoms with Gasteiger partial charge in [0.2, 0.25) is 0 Å². The molecule has 1 aromatic carbocycles. The molecule has 0 unspecified atom stereocenters. The van der Waals surface area contributed by atoms with Gasteiger partial charge in [-0.2, -0.15) is 0 Å². The number of fused-ring (bicyclic) bond motifs is 1. The zero-order chi connectivity index (χ0) is 9.47. The SMILES string of the molecule is CC(C)(C)c1noc2ccccc12. The van der Waals surface area contributed by atoms with E-state index in [1.54, 1.807) is 0 Å². The lowest BCUT2D eigenvalue weighted by Crippen LogP contribution is -2.11. The third kappa shape index (κ3) is 1.32. The molecule has 0 radical (unpaired) electrons. The lowest BCUT2D eigenvalue weighted by atomic mass is 9.90. The van der Waals surface area contributed by atoms with Crippen molar-refractivity contribution in [2.24, 2.45) is 0 Å². The summed E-state index contributed by atoms with van der Waals surface area (Å²) in [6.07, 6.45) is 0. The first-order valence-corrected chi connectivity index (χ1v) is 4.44. The maximum Gasteiger partial charge on any atom is 0.167 e. The number of aromatic nitrogens is 1. The molecule has 2 nitrogen and oxygen atoms in total. The summed E-state index contributed by atoms with van der Waals surface area (Å²) >= 11 is 0. The topological polar surface area (TPSA) is 26.0 Å². The quantitative estimate of drug-likeness (QED) is 0.614. The van der Waals surface area contributed by atoms with Gasteiger partial charge in [0, 0.05) is 10.8 Å². The number of nitrogens with zero attached hydrogens (tertiary/aromatic N) is 1. The van der Waals surface area contributed by atoms with Gasteiger partial charge in [0.05, 0.1) is 5.69 Å². The molecule has 1 heterocycles. The highest BCUT2D eigenvalue weighted by atomic mass is 16.5. The van der Waals surface area contributed by atoms with Crippen LogP contribution < -0.4 is 0 Å². The molecule has 0 bridgehead atoms. The molecular formula is C11H13NO. The molecular weight excluding hydrogens is 162 g/mol. The van der Waals surface area contributed by atoms with Crippen LogP contribution in [0, 0.1) is 0 Å². The van der Waals surface area contributed by atoms with Gasteiger partial charge in [0.25, 0.3) is 0 Å². The summed E-state index contributed by atoms with van der Waals surface area (Å²) in [5.74, 6) is 0. The first-order valence-electron chi connectivity index (χ1n) is 4.44. The standard InChI is InChI=1S/C11H13NO/c1-11(2,3)10-8-6-4-5-7-9(8)13-12-10/h4-7H,1-3H3. The third-order valence-electron chi connectivity index (χ3n) is 2.09. The Labute approximate surface area is 77.5 Å². The average molecular weight is 175 g/mol. The second-order valence-corrected chi connectivity index (χ2v) is 4.28. The van der Waals surface area contributed by atoms with Gasteiger partial charge in [-0.15, -0.1) is 0 Å². The van der Waals surface area contributed by atoms with Crippen LogP contribution in [0.1, 0.15) is 26.5 Å². The molecule has 0 amide bonds. The highest BCUT2D eigenvalue weighted by molar-refractivity contribution is 5.80. The van der Waals surface area contributed by atoms with E-state index in [1.807, 2.05) is 24.3 Å². The van der Waals surface area contributed by atoms with Gasteiger partial charge in [-0.25, -0.2) is 0 Å². The summed E-state index contributed by atoms with van der Waals surface area (Å²) in [6, 6.07) is 7.96. The van der Waals surface area contributed by atoms with Crippen molar-refractivity contribution in [1.29, 1.82) is 0 Å². The fourth-order valence-electron chi connectivity index (χ4n) is 1.43. The average Bonchev–Trinajstić information content (AvgIpc) is 2.45. The van der Waals surface area contributed by atoms with Gasteiger partial charge >= 0.3 is 0 Å². The van der Waals surface area contributed by atoms with Crippen LogP contribution >= 0.6 is 0 Å². The Bertz CT molecular complexity index is 423. The number of para-hydroxylation sites is 1. The maximum absolute atomic E-state index is 5.23. The number of rotatable bonds is 0. The summed E-state index contributed by atoms with van der Waals surface area (Å²) in [5, 5.41) is 5.21. The molecule has 68 valence electrons. The van der Waals surface area contributed by atoms with Crippen LogP contribution in [-0.4, -0.2) is 5.16 Å². The first-order chi connectivity index (χ1) is 6.09. The molecule has 2 rings (SSSR count). The third-order valence-corrected chi connectivity index (χ3v) is 2.09. The van der Waals surface area contributed by atoms with Crippen molar-refractivity contribution >= 4 is 11.0 Å². The lowest BCUT2D eigenvalue weighted by Gasteiger charge is -2.13. The van der Waals surface area contributed by atoms with Crippen molar-refractivity contribution in [1.82, 2.24) is 5.16 Å². The largest absolute Gasteiger partial charge is 0.356 e. The minimum absolute atomic E-state index is 0.0482. The minimum Gasteiger partial charge on any atom is -0.356 e. The molecule has 2 aromatic rings. The van der Waals surface area contributed by atoms with E-state index in [2.05, 4.69) is 25.9 Å². The maximum atomic E-state index is 5.23. The molecule has 0 aliphatic rings. The van der Waals surface area contributed by atoms with Crippen molar-refractivity contribution in [2.75, 3.05) is 0 Å². The van der Waals surface area contributed by atoms with Gasteiger partial charge in [-0.1, -0.05) is 38.1 Å². The molecule has 0 aliphatic heterocycles. The summed E-state index contributed by atoms with van der Waals surface area (Å²) in [7, 11) is 0. The first kappa shape index (κ1) is 8.30. The van der Waals surface area contributed by atoms with Crippen LogP contribution in [0.2, 0.25) is 0 Å². The fraction of sp³-hybridized carbons (Fsp3) is 0.364. The lowest BCUT2D eigenvalue weighted by molar-refractivity contribution is 0.419. The zero-order valence-electron chi connectivity index (χ0n) is 8.16. The number of hydrogen-bond acceptors (Lipinski definition) is 2. The molecule has 2 heteroatoms. The normalized spacial score (nSPS) is 12.2. The molecule has 1 aromatic heterocycles. The van der Waals surface area contributed by atoms with Crippen LogP contribution in [-0.2, 0) is 5.41 Å². The molecule has 0 fully saturated rings. The van der Waals surface area contributed by atoms with Crippen LogP contribution in [0.5, 0.6) is 0 Å². The van der Waals surface area contributed by atoms with E-state index in [-0.39, 0.29) is 5.41 Å². The molecule has 0 saturated carbocycles. The summed E-state index contributed by atoms with van der Waals surface area (Å²) in [5.41, 5.74) is 1.95. The Morgan fingerprint density at radius 3 is 2.54 bits per heavy atom. The van der Waals surface area contributed by atoms with E-state index >= 15 is 0 Å². The Morgan fingerprint density at radius 1 is 1.15 bits per heavy atom. The Hall–Kier alpha value is -1.31. The Balaban J connectivity index is 2.72. The Kier molecular flexibility index (Phi) is 1.65. The molecule has 0 saturated heterocycles. The highest BCUT2D eigenvalue weighted by Gasteiger charge is 2.21. The second kappa shape index (κ2) is 2.59. The van der Waals surface area contributed by atoms with Gasteiger partial charge in [0.15, 0.2) is 5.58 Å². The molecule has 0 aliphatic carbocycles. The zero-order valence-corrected chi connectivity index (χ0v) is 8.16. The van der Waals surface area contributed by atoms with E-state index in [1.165, 1.54) is 0 Å². The van der Waals surface area contributed by atoms with E-state index in [0.717, 1.165) is 16.7 Å². The molecule has 0 N–H and O–H groups in total. The number of hydrogen-bond donors (Lipinski definition) is 0.